The molecule has 2 rings (SSSR count). The first kappa shape index (κ1) is 39.1. The molecule has 2 aromatic carbocycles. The van der Waals surface area contributed by atoms with Crippen LogP contribution < -0.4 is 9.47 Å². The van der Waals surface area contributed by atoms with Crippen molar-refractivity contribution >= 4 is 6.29 Å². The Labute approximate surface area is 239 Å². The number of benzene rings is 2. The summed E-state index contributed by atoms with van der Waals surface area (Å²) in [6.45, 7) is 14.5. The normalized spacial score (nSPS) is 11.4. The van der Waals surface area contributed by atoms with E-state index in [4.69, 9.17) is 14.6 Å². The minimum atomic E-state index is -4.34. The van der Waals surface area contributed by atoms with Gasteiger partial charge in [-0.15, -0.1) is 0 Å². The lowest BCUT2D eigenvalue weighted by Gasteiger charge is -2.16. The molecule has 0 bridgehead atoms. The van der Waals surface area contributed by atoms with Crippen molar-refractivity contribution in [2.45, 2.75) is 92.9 Å². The molecule has 40 heavy (non-hydrogen) atoms. The number of ether oxygens (including phenoxy) is 2. The third kappa shape index (κ3) is 19.9. The highest BCUT2D eigenvalue weighted by molar-refractivity contribution is 5.51. The summed E-state index contributed by atoms with van der Waals surface area (Å²) in [7, 11) is 0. The van der Waals surface area contributed by atoms with E-state index in [0.29, 0.717) is 25.2 Å². The molecule has 7 heteroatoms. The zero-order chi connectivity index (χ0) is 30.8. The fourth-order valence-corrected chi connectivity index (χ4v) is 3.09. The number of aldehydes is 1. The van der Waals surface area contributed by atoms with Crippen molar-refractivity contribution in [1.29, 1.82) is 0 Å². The van der Waals surface area contributed by atoms with Crippen LogP contribution >= 0.6 is 0 Å². The van der Waals surface area contributed by atoms with Crippen LogP contribution in [0.3, 0.4) is 0 Å². The van der Waals surface area contributed by atoms with Crippen LogP contribution in [0.5, 0.6) is 11.5 Å². The SMILES string of the molecule is C/C=C\CC.C/C=C\CC=O.CC.Cc1cc(OCCC(C)Oc2ccc(C(F)(F)F)cc2)ccc1CCCO. The Kier molecular flexibility index (Phi) is 24.4. The molecule has 1 atom stereocenters. The van der Waals surface area contributed by atoms with E-state index in [9.17, 15) is 18.0 Å². The molecule has 2 aromatic rings. The molecule has 1 unspecified atom stereocenters. The number of rotatable bonds is 12. The van der Waals surface area contributed by atoms with E-state index in [1.807, 2.05) is 71.9 Å². The molecule has 0 aliphatic rings. The summed E-state index contributed by atoms with van der Waals surface area (Å²) in [5.74, 6) is 1.17. The fourth-order valence-electron chi connectivity index (χ4n) is 3.09. The zero-order valence-electron chi connectivity index (χ0n) is 25.3. The number of carbonyl (C=O) groups excluding carboxylic acids is 1. The lowest BCUT2D eigenvalue weighted by molar-refractivity contribution is -0.137. The molecule has 0 spiro atoms. The average Bonchev–Trinajstić information content (AvgIpc) is 2.93. The minimum absolute atomic E-state index is 0.175. The van der Waals surface area contributed by atoms with Gasteiger partial charge in [-0.1, -0.05) is 51.1 Å². The van der Waals surface area contributed by atoms with Gasteiger partial charge in [-0.05, 0) is 94.5 Å². The molecule has 0 heterocycles. The van der Waals surface area contributed by atoms with Crippen LogP contribution in [0.4, 0.5) is 13.2 Å². The van der Waals surface area contributed by atoms with Crippen molar-refractivity contribution in [2.24, 2.45) is 0 Å². The van der Waals surface area contributed by atoms with E-state index >= 15 is 0 Å². The van der Waals surface area contributed by atoms with E-state index < -0.39 is 11.7 Å². The third-order valence-electron chi connectivity index (χ3n) is 5.17. The van der Waals surface area contributed by atoms with Gasteiger partial charge in [0.2, 0.25) is 0 Å². The second-order valence-corrected chi connectivity index (χ2v) is 8.45. The number of aliphatic hydroxyl groups excluding tert-OH is 1. The summed E-state index contributed by atoms with van der Waals surface area (Å²) < 4.78 is 49.0. The molecule has 0 aromatic heterocycles. The molecule has 1 N–H and O–H groups in total. The number of aryl methyl sites for hydroxylation is 2. The maximum atomic E-state index is 12.6. The lowest BCUT2D eigenvalue weighted by atomic mass is 10.0. The number of hydrogen-bond donors (Lipinski definition) is 1. The lowest BCUT2D eigenvalue weighted by Crippen LogP contribution is -2.16. The molecule has 0 aliphatic heterocycles. The maximum absolute atomic E-state index is 12.6. The largest absolute Gasteiger partial charge is 0.493 e. The molecule has 0 fully saturated rings. The van der Waals surface area contributed by atoms with Crippen LogP contribution in [0.2, 0.25) is 0 Å². The van der Waals surface area contributed by atoms with Gasteiger partial charge in [0.15, 0.2) is 0 Å². The number of allylic oxidation sites excluding steroid dienone is 4. The highest BCUT2D eigenvalue weighted by atomic mass is 19.4. The molecular formula is C33H49F3O4. The van der Waals surface area contributed by atoms with E-state index in [2.05, 4.69) is 19.1 Å². The average molecular weight is 567 g/mol. The predicted molar refractivity (Wildman–Crippen MR) is 160 cm³/mol. The van der Waals surface area contributed by atoms with Crippen molar-refractivity contribution in [3.63, 3.8) is 0 Å². The van der Waals surface area contributed by atoms with Crippen molar-refractivity contribution in [3.8, 4) is 11.5 Å². The van der Waals surface area contributed by atoms with Crippen molar-refractivity contribution in [2.75, 3.05) is 13.2 Å². The molecule has 0 aliphatic carbocycles. The topological polar surface area (TPSA) is 55.8 Å². The molecular weight excluding hydrogens is 517 g/mol. The first-order valence-electron chi connectivity index (χ1n) is 14.0. The summed E-state index contributed by atoms with van der Waals surface area (Å²) in [5, 5.41) is 8.91. The maximum Gasteiger partial charge on any atom is 0.416 e. The fraction of sp³-hybridized carbons (Fsp3) is 0.485. The summed E-state index contributed by atoms with van der Waals surface area (Å²) in [5.41, 5.74) is 1.62. The van der Waals surface area contributed by atoms with Crippen LogP contribution in [-0.4, -0.2) is 30.7 Å². The van der Waals surface area contributed by atoms with Crippen LogP contribution in [0, 0.1) is 6.92 Å². The summed E-state index contributed by atoms with van der Waals surface area (Å²) in [6.07, 6.45) is 8.08. The van der Waals surface area contributed by atoms with Gasteiger partial charge in [-0.2, -0.15) is 13.2 Å². The van der Waals surface area contributed by atoms with Crippen LogP contribution in [-0.2, 0) is 17.4 Å². The van der Waals surface area contributed by atoms with Crippen LogP contribution in [0.15, 0.2) is 66.8 Å². The number of carbonyl (C=O) groups is 1. The van der Waals surface area contributed by atoms with E-state index in [1.165, 1.54) is 17.7 Å². The van der Waals surface area contributed by atoms with Crippen LogP contribution in [0.25, 0.3) is 0 Å². The van der Waals surface area contributed by atoms with Crippen molar-refractivity contribution in [1.82, 2.24) is 0 Å². The number of aliphatic hydroxyl groups is 1. The second-order valence-electron chi connectivity index (χ2n) is 8.45. The molecule has 0 radical (unpaired) electrons. The first-order chi connectivity index (χ1) is 19.1. The van der Waals surface area contributed by atoms with E-state index in [1.54, 1.807) is 0 Å². The van der Waals surface area contributed by atoms with Gasteiger partial charge in [0, 0.05) is 19.4 Å². The monoisotopic (exact) mass is 566 g/mol. The van der Waals surface area contributed by atoms with Crippen molar-refractivity contribution < 1.29 is 32.5 Å². The summed E-state index contributed by atoms with van der Waals surface area (Å²) in [6, 6.07) is 10.6. The standard InChI is InChI=1S/C21H25F3O3.C5H8O.C5H10.C2H6/c1-15-14-20(8-5-17(15)4-3-12-25)26-13-11-16(2)27-19-9-6-18(7-10-19)21(22,23)24;1-2-3-4-5-6;1-3-5-4-2;1-2/h5-10,14,16,25H,3-4,11-13H2,1-2H3;2-3,5H,4H2,1H3;3,5H,4H2,1-2H3;1-2H3/b;3-2-;5-3-;. The second kappa shape index (κ2) is 24.9. The number of alkyl halides is 3. The van der Waals surface area contributed by atoms with Crippen molar-refractivity contribution in [3.05, 3.63) is 83.5 Å². The molecule has 0 saturated heterocycles. The smallest absolute Gasteiger partial charge is 0.416 e. The molecule has 0 amide bonds. The molecule has 226 valence electrons. The zero-order valence-corrected chi connectivity index (χ0v) is 25.3. The van der Waals surface area contributed by atoms with Gasteiger partial charge < -0.3 is 19.4 Å². The Bertz CT molecular complexity index is 936. The Hall–Kier alpha value is -3.06. The predicted octanol–water partition coefficient (Wildman–Crippen LogP) is 9.33. The first-order valence-corrected chi connectivity index (χ1v) is 14.0. The summed E-state index contributed by atoms with van der Waals surface area (Å²) in [4.78, 5) is 9.51. The highest BCUT2D eigenvalue weighted by Crippen LogP contribution is 2.30. The van der Waals surface area contributed by atoms with Gasteiger partial charge in [0.1, 0.15) is 17.8 Å². The Morgan fingerprint density at radius 1 is 0.975 bits per heavy atom. The Balaban J connectivity index is 0. The number of hydrogen-bond acceptors (Lipinski definition) is 4. The third-order valence-corrected chi connectivity index (χ3v) is 5.17. The number of halogens is 3. The van der Waals surface area contributed by atoms with Gasteiger partial charge in [0.05, 0.1) is 18.3 Å². The molecule has 4 nitrogen and oxygen atoms in total. The van der Waals surface area contributed by atoms with Gasteiger partial charge in [-0.3, -0.25) is 0 Å². The minimum Gasteiger partial charge on any atom is -0.493 e. The highest BCUT2D eigenvalue weighted by Gasteiger charge is 2.30. The van der Waals surface area contributed by atoms with Gasteiger partial charge in [-0.25, -0.2) is 0 Å². The van der Waals surface area contributed by atoms with E-state index in [0.717, 1.165) is 49.0 Å². The molecule has 0 saturated carbocycles. The van der Waals surface area contributed by atoms with Gasteiger partial charge in [0.25, 0.3) is 0 Å². The van der Waals surface area contributed by atoms with E-state index in [-0.39, 0.29) is 12.7 Å². The Morgan fingerprint density at radius 3 is 2.00 bits per heavy atom. The Morgan fingerprint density at radius 2 is 1.57 bits per heavy atom. The quantitative estimate of drug-likeness (QED) is 0.205. The van der Waals surface area contributed by atoms with Gasteiger partial charge >= 0.3 is 6.18 Å². The van der Waals surface area contributed by atoms with Crippen LogP contribution in [0.1, 0.15) is 83.9 Å². The summed E-state index contributed by atoms with van der Waals surface area (Å²) >= 11 is 0.